The lowest BCUT2D eigenvalue weighted by Gasteiger charge is -2.25. The molecule has 0 radical (unpaired) electrons. The fourth-order valence-electron chi connectivity index (χ4n) is 2.82. The summed E-state index contributed by atoms with van der Waals surface area (Å²) in [6.45, 7) is 3.13. The highest BCUT2D eigenvalue weighted by Gasteiger charge is 2.30. The predicted molar refractivity (Wildman–Crippen MR) is 85.5 cm³/mol. The Morgan fingerprint density at radius 3 is 2.90 bits per heavy atom. The standard InChI is InChI=1S/C14H20N2O3S.ClH/c17-20(18,11-12-5-8-19-10-12)16-7-6-15-9-13-3-1-2-4-14(13)16;/h1-4,12,15H,5-11H2;1H. The molecule has 5 nitrogen and oxygen atoms in total. The lowest BCUT2D eigenvalue weighted by Crippen LogP contribution is -2.38. The molecule has 1 saturated heterocycles. The number of para-hydroxylation sites is 1. The first-order chi connectivity index (χ1) is 9.67. The van der Waals surface area contributed by atoms with Crippen molar-refractivity contribution in [2.75, 3.05) is 36.4 Å². The van der Waals surface area contributed by atoms with Gasteiger partial charge in [0.2, 0.25) is 10.0 Å². The summed E-state index contributed by atoms with van der Waals surface area (Å²) >= 11 is 0. The molecule has 0 amide bonds. The molecule has 0 aliphatic carbocycles. The molecular formula is C14H21ClN2O3S. The van der Waals surface area contributed by atoms with Crippen LogP contribution in [0.5, 0.6) is 0 Å². The van der Waals surface area contributed by atoms with Crippen LogP contribution in [-0.2, 0) is 21.3 Å². The van der Waals surface area contributed by atoms with Gasteiger partial charge in [0.25, 0.3) is 0 Å². The summed E-state index contributed by atoms with van der Waals surface area (Å²) in [6.07, 6.45) is 0.840. The van der Waals surface area contributed by atoms with Crippen LogP contribution in [0.1, 0.15) is 12.0 Å². The molecule has 0 bridgehead atoms. The highest BCUT2D eigenvalue weighted by atomic mass is 35.5. The Bertz CT molecular complexity index is 573. The summed E-state index contributed by atoms with van der Waals surface area (Å²) in [7, 11) is -3.29. The maximum atomic E-state index is 12.7. The van der Waals surface area contributed by atoms with Gasteiger partial charge in [-0.1, -0.05) is 18.2 Å². The van der Waals surface area contributed by atoms with Crippen molar-refractivity contribution in [2.45, 2.75) is 13.0 Å². The van der Waals surface area contributed by atoms with Crippen molar-refractivity contribution in [3.05, 3.63) is 29.8 Å². The molecule has 1 aromatic rings. The van der Waals surface area contributed by atoms with Crippen LogP contribution in [0.2, 0.25) is 0 Å². The summed E-state index contributed by atoms with van der Waals surface area (Å²) in [5, 5.41) is 3.27. The monoisotopic (exact) mass is 332 g/mol. The Labute approximate surface area is 132 Å². The zero-order valence-electron chi connectivity index (χ0n) is 11.8. The van der Waals surface area contributed by atoms with E-state index in [0.29, 0.717) is 32.8 Å². The van der Waals surface area contributed by atoms with Crippen molar-refractivity contribution < 1.29 is 13.2 Å². The number of rotatable bonds is 3. The van der Waals surface area contributed by atoms with E-state index in [1.807, 2.05) is 24.3 Å². The first-order valence-electron chi connectivity index (χ1n) is 7.03. The zero-order chi connectivity index (χ0) is 14.0. The SMILES string of the molecule is Cl.O=S(=O)(CC1CCOC1)N1CCNCc2ccccc21. The van der Waals surface area contributed by atoms with Gasteiger partial charge in [-0.25, -0.2) is 8.42 Å². The second-order valence-electron chi connectivity index (χ2n) is 5.39. The third kappa shape index (κ3) is 3.69. The molecule has 118 valence electrons. The molecular weight excluding hydrogens is 312 g/mol. The van der Waals surface area contributed by atoms with Gasteiger partial charge in [-0.15, -0.1) is 12.4 Å². The maximum absolute atomic E-state index is 12.7. The number of ether oxygens (including phenoxy) is 1. The van der Waals surface area contributed by atoms with Crippen molar-refractivity contribution in [2.24, 2.45) is 5.92 Å². The van der Waals surface area contributed by atoms with E-state index >= 15 is 0 Å². The van der Waals surface area contributed by atoms with Crippen LogP contribution in [-0.4, -0.2) is 40.5 Å². The van der Waals surface area contributed by atoms with Gasteiger partial charge in [0.05, 0.1) is 18.0 Å². The minimum absolute atomic E-state index is 0. The van der Waals surface area contributed by atoms with Crippen molar-refractivity contribution in [3.8, 4) is 0 Å². The summed E-state index contributed by atoms with van der Waals surface area (Å²) in [6, 6.07) is 7.71. The zero-order valence-corrected chi connectivity index (χ0v) is 13.5. The molecule has 21 heavy (non-hydrogen) atoms. The van der Waals surface area contributed by atoms with Gasteiger partial charge in [0.15, 0.2) is 0 Å². The third-order valence-corrected chi connectivity index (χ3v) is 5.82. The molecule has 0 spiro atoms. The van der Waals surface area contributed by atoms with E-state index in [9.17, 15) is 8.42 Å². The van der Waals surface area contributed by atoms with Crippen LogP contribution >= 0.6 is 12.4 Å². The second kappa shape index (κ2) is 6.96. The number of hydrogen-bond donors (Lipinski definition) is 1. The highest BCUT2D eigenvalue weighted by molar-refractivity contribution is 7.92. The summed E-state index contributed by atoms with van der Waals surface area (Å²) in [4.78, 5) is 0. The van der Waals surface area contributed by atoms with Crippen molar-refractivity contribution in [3.63, 3.8) is 0 Å². The van der Waals surface area contributed by atoms with E-state index in [0.717, 1.165) is 17.7 Å². The van der Waals surface area contributed by atoms with Crippen LogP contribution < -0.4 is 9.62 Å². The summed E-state index contributed by atoms with van der Waals surface area (Å²) in [5.41, 5.74) is 1.85. The van der Waals surface area contributed by atoms with Crippen molar-refractivity contribution in [1.29, 1.82) is 0 Å². The number of anilines is 1. The molecule has 3 rings (SSSR count). The van der Waals surface area contributed by atoms with Gasteiger partial charge in [-0.3, -0.25) is 4.31 Å². The Kier molecular flexibility index (Phi) is 5.48. The molecule has 1 aromatic carbocycles. The number of nitrogens with zero attached hydrogens (tertiary/aromatic N) is 1. The number of sulfonamides is 1. The quantitative estimate of drug-likeness (QED) is 0.908. The maximum Gasteiger partial charge on any atom is 0.235 e. The number of hydrogen-bond acceptors (Lipinski definition) is 4. The molecule has 1 fully saturated rings. The molecule has 1 unspecified atom stereocenters. The highest BCUT2D eigenvalue weighted by Crippen LogP contribution is 2.27. The van der Waals surface area contributed by atoms with Gasteiger partial charge in [0, 0.05) is 32.2 Å². The molecule has 0 saturated carbocycles. The molecule has 7 heteroatoms. The molecule has 1 atom stereocenters. The average Bonchev–Trinajstić information content (AvgIpc) is 2.81. The van der Waals surface area contributed by atoms with Crippen LogP contribution in [0.15, 0.2) is 24.3 Å². The predicted octanol–water partition coefficient (Wildman–Crippen LogP) is 1.38. The van der Waals surface area contributed by atoms with Crippen molar-refractivity contribution in [1.82, 2.24) is 5.32 Å². The first kappa shape index (κ1) is 16.5. The smallest absolute Gasteiger partial charge is 0.235 e. The van der Waals surface area contributed by atoms with E-state index in [-0.39, 0.29) is 24.1 Å². The van der Waals surface area contributed by atoms with Crippen LogP contribution in [0, 0.1) is 5.92 Å². The van der Waals surface area contributed by atoms with Gasteiger partial charge >= 0.3 is 0 Å². The second-order valence-corrected chi connectivity index (χ2v) is 7.32. The van der Waals surface area contributed by atoms with E-state index in [1.54, 1.807) is 4.31 Å². The van der Waals surface area contributed by atoms with Crippen LogP contribution in [0.3, 0.4) is 0 Å². The third-order valence-electron chi connectivity index (χ3n) is 3.87. The summed E-state index contributed by atoms with van der Waals surface area (Å²) < 4.78 is 32.3. The van der Waals surface area contributed by atoms with E-state index < -0.39 is 10.0 Å². The van der Waals surface area contributed by atoms with Crippen molar-refractivity contribution >= 4 is 28.1 Å². The molecule has 2 aliphatic rings. The lowest BCUT2D eigenvalue weighted by molar-refractivity contribution is 0.188. The minimum Gasteiger partial charge on any atom is -0.381 e. The van der Waals surface area contributed by atoms with Crippen LogP contribution in [0.4, 0.5) is 5.69 Å². The fraction of sp³-hybridized carbons (Fsp3) is 0.571. The molecule has 2 heterocycles. The van der Waals surface area contributed by atoms with Gasteiger partial charge in [-0.2, -0.15) is 0 Å². The average molecular weight is 333 g/mol. The van der Waals surface area contributed by atoms with E-state index in [2.05, 4.69) is 5.32 Å². The van der Waals surface area contributed by atoms with Gasteiger partial charge in [0.1, 0.15) is 0 Å². The van der Waals surface area contributed by atoms with Gasteiger partial charge in [-0.05, 0) is 18.1 Å². The van der Waals surface area contributed by atoms with Crippen LogP contribution in [0.25, 0.3) is 0 Å². The normalized spacial score (nSPS) is 22.3. The minimum atomic E-state index is -3.29. The summed E-state index contributed by atoms with van der Waals surface area (Å²) in [5.74, 6) is 0.310. The largest absolute Gasteiger partial charge is 0.381 e. The van der Waals surface area contributed by atoms with E-state index in [1.165, 1.54) is 0 Å². The molecule has 0 aromatic heterocycles. The number of benzene rings is 1. The number of nitrogens with one attached hydrogen (secondary N) is 1. The first-order valence-corrected chi connectivity index (χ1v) is 8.64. The lowest BCUT2D eigenvalue weighted by atomic mass is 10.2. The Hall–Kier alpha value is -0.820. The molecule has 1 N–H and O–H groups in total. The molecule has 2 aliphatic heterocycles. The van der Waals surface area contributed by atoms with Gasteiger partial charge < -0.3 is 10.1 Å². The Morgan fingerprint density at radius 2 is 2.14 bits per heavy atom. The number of halogens is 1. The number of fused-ring (bicyclic) bond motifs is 1. The Morgan fingerprint density at radius 1 is 1.33 bits per heavy atom. The fourth-order valence-corrected chi connectivity index (χ4v) is 4.71. The van der Waals surface area contributed by atoms with E-state index in [4.69, 9.17) is 4.74 Å². The Balaban J connectivity index is 0.00000161. The topological polar surface area (TPSA) is 58.6 Å².